The number of nitrogens with zero attached hydrogens (tertiary/aromatic N) is 4. The largest absolute Gasteiger partial charge is 0.384 e. The molecule has 1 fully saturated rings. The fourth-order valence-corrected chi connectivity index (χ4v) is 5.07. The van der Waals surface area contributed by atoms with Crippen LogP contribution in [-0.2, 0) is 28.0 Å². The zero-order chi connectivity index (χ0) is 17.3. The molecule has 1 saturated carbocycles. The predicted octanol–water partition coefficient (Wildman–Crippen LogP) is 1.43. The van der Waals surface area contributed by atoms with Gasteiger partial charge in [-0.3, -0.25) is 4.68 Å². The highest BCUT2D eigenvalue weighted by Crippen LogP contribution is 2.33. The number of fused-ring (bicyclic) bond motifs is 1. The summed E-state index contributed by atoms with van der Waals surface area (Å²) in [7, 11) is 1.37. The van der Waals surface area contributed by atoms with Crippen LogP contribution in [0.1, 0.15) is 42.9 Å². The van der Waals surface area contributed by atoms with Gasteiger partial charge >= 0.3 is 0 Å². The first-order valence-electron chi connectivity index (χ1n) is 8.64. The van der Waals surface area contributed by atoms with Gasteiger partial charge in [-0.15, -0.1) is 0 Å². The minimum absolute atomic E-state index is 0.0254. The molecule has 0 amide bonds. The summed E-state index contributed by atoms with van der Waals surface area (Å²) in [4.78, 5) is 0. The average Bonchev–Trinajstić information content (AvgIpc) is 3.18. The van der Waals surface area contributed by atoms with E-state index in [0.29, 0.717) is 25.6 Å². The molecule has 136 valence electrons. The maximum absolute atomic E-state index is 12.5. The second-order valence-corrected chi connectivity index (χ2v) is 9.26. The second-order valence-electron chi connectivity index (χ2n) is 7.12. The van der Waals surface area contributed by atoms with Crippen LogP contribution in [0.4, 0.5) is 0 Å². The van der Waals surface area contributed by atoms with Crippen molar-refractivity contribution in [1.29, 1.82) is 0 Å². The molecule has 0 saturated heterocycles. The van der Waals surface area contributed by atoms with Crippen molar-refractivity contribution in [3.8, 4) is 0 Å². The smallest absolute Gasteiger partial charge is 0.281 e. The first kappa shape index (κ1) is 17.8. The van der Waals surface area contributed by atoms with Gasteiger partial charge in [-0.25, -0.2) is 0 Å². The molecule has 1 aliphatic carbocycles. The molecule has 3 rings (SSSR count). The highest BCUT2D eigenvalue weighted by molar-refractivity contribution is 7.86. The molecule has 0 spiro atoms. The van der Waals surface area contributed by atoms with E-state index in [1.807, 2.05) is 6.20 Å². The number of ether oxygens (including phenoxy) is 1. The highest BCUT2D eigenvalue weighted by Gasteiger charge is 2.36. The minimum Gasteiger partial charge on any atom is -0.384 e. The van der Waals surface area contributed by atoms with E-state index in [4.69, 9.17) is 4.74 Å². The molecule has 0 unspecified atom stereocenters. The van der Waals surface area contributed by atoms with Gasteiger partial charge in [-0.1, -0.05) is 12.8 Å². The maximum Gasteiger partial charge on any atom is 0.281 e. The van der Waals surface area contributed by atoms with Crippen LogP contribution in [0.2, 0.25) is 0 Å². The topological polar surface area (TPSA) is 67.7 Å². The summed E-state index contributed by atoms with van der Waals surface area (Å²) >= 11 is 0. The van der Waals surface area contributed by atoms with E-state index >= 15 is 0 Å². The lowest BCUT2D eigenvalue weighted by atomic mass is 9.98. The lowest BCUT2D eigenvalue weighted by Crippen LogP contribution is -2.45. The predicted molar refractivity (Wildman–Crippen MR) is 91.8 cm³/mol. The van der Waals surface area contributed by atoms with Gasteiger partial charge in [0.15, 0.2) is 0 Å². The SMILES string of the molecule is COC[C@@H]1CN(S(=O)(=O)N(C)C)Cc2cnn(CC3CCCC3)c21. The molecule has 7 nitrogen and oxygen atoms in total. The molecule has 1 aromatic rings. The fourth-order valence-electron chi connectivity index (χ4n) is 3.94. The lowest BCUT2D eigenvalue weighted by Gasteiger charge is -2.34. The van der Waals surface area contributed by atoms with Gasteiger partial charge in [-0.05, 0) is 18.8 Å². The van der Waals surface area contributed by atoms with E-state index in [2.05, 4.69) is 9.78 Å². The van der Waals surface area contributed by atoms with Gasteiger partial charge in [0, 0.05) is 58.0 Å². The van der Waals surface area contributed by atoms with Crippen LogP contribution in [0.25, 0.3) is 0 Å². The summed E-state index contributed by atoms with van der Waals surface area (Å²) in [6.07, 6.45) is 6.99. The first-order chi connectivity index (χ1) is 11.4. The summed E-state index contributed by atoms with van der Waals surface area (Å²) in [6, 6.07) is 0. The quantitative estimate of drug-likeness (QED) is 0.773. The van der Waals surface area contributed by atoms with E-state index in [0.717, 1.165) is 17.8 Å². The molecule has 8 heteroatoms. The summed E-state index contributed by atoms with van der Waals surface area (Å²) in [6.45, 7) is 2.28. The van der Waals surface area contributed by atoms with Crippen molar-refractivity contribution in [3.05, 3.63) is 17.5 Å². The Morgan fingerprint density at radius 3 is 2.67 bits per heavy atom. The Labute approximate surface area is 144 Å². The third kappa shape index (κ3) is 3.37. The molecule has 0 N–H and O–H groups in total. The summed E-state index contributed by atoms with van der Waals surface area (Å²) < 4.78 is 35.3. The third-order valence-electron chi connectivity index (χ3n) is 5.18. The first-order valence-corrected chi connectivity index (χ1v) is 10.0. The van der Waals surface area contributed by atoms with Gasteiger partial charge in [0.2, 0.25) is 0 Å². The van der Waals surface area contributed by atoms with Crippen LogP contribution in [0, 0.1) is 5.92 Å². The van der Waals surface area contributed by atoms with Crippen LogP contribution < -0.4 is 0 Å². The molecule has 0 radical (unpaired) electrons. The van der Waals surface area contributed by atoms with Crippen LogP contribution in [0.15, 0.2) is 6.20 Å². The Morgan fingerprint density at radius 2 is 2.04 bits per heavy atom. The Balaban J connectivity index is 1.87. The molecular formula is C16H28N4O3S. The molecule has 2 heterocycles. The average molecular weight is 356 g/mol. The Morgan fingerprint density at radius 1 is 1.33 bits per heavy atom. The summed E-state index contributed by atoms with van der Waals surface area (Å²) in [5.74, 6) is 0.720. The van der Waals surface area contributed by atoms with Crippen molar-refractivity contribution in [2.75, 3.05) is 34.4 Å². The van der Waals surface area contributed by atoms with Crippen molar-refractivity contribution in [3.63, 3.8) is 0 Å². The molecule has 24 heavy (non-hydrogen) atoms. The van der Waals surface area contributed by atoms with E-state index in [9.17, 15) is 8.42 Å². The summed E-state index contributed by atoms with van der Waals surface area (Å²) in [5.41, 5.74) is 2.17. The van der Waals surface area contributed by atoms with Crippen molar-refractivity contribution in [1.82, 2.24) is 18.4 Å². The van der Waals surface area contributed by atoms with Gasteiger partial charge in [-0.2, -0.15) is 22.1 Å². The molecule has 1 atom stereocenters. The number of rotatable bonds is 6. The van der Waals surface area contributed by atoms with E-state index in [1.54, 1.807) is 21.2 Å². The van der Waals surface area contributed by atoms with E-state index in [-0.39, 0.29) is 5.92 Å². The Bertz CT molecular complexity index is 665. The zero-order valence-electron chi connectivity index (χ0n) is 14.8. The number of hydrogen-bond donors (Lipinski definition) is 0. The Kier molecular flexibility index (Phi) is 5.29. The molecule has 0 bridgehead atoms. The lowest BCUT2D eigenvalue weighted by molar-refractivity contribution is 0.157. The summed E-state index contributed by atoms with van der Waals surface area (Å²) in [5, 5.41) is 4.58. The van der Waals surface area contributed by atoms with Crippen LogP contribution >= 0.6 is 0 Å². The van der Waals surface area contributed by atoms with Crippen molar-refractivity contribution < 1.29 is 13.2 Å². The zero-order valence-corrected chi connectivity index (χ0v) is 15.6. The highest BCUT2D eigenvalue weighted by atomic mass is 32.2. The van der Waals surface area contributed by atoms with Crippen LogP contribution in [0.3, 0.4) is 0 Å². The van der Waals surface area contributed by atoms with E-state index in [1.165, 1.54) is 34.3 Å². The minimum atomic E-state index is -3.43. The van der Waals surface area contributed by atoms with Crippen LogP contribution in [-0.4, -0.2) is 61.2 Å². The molecule has 0 aromatic carbocycles. The third-order valence-corrected chi connectivity index (χ3v) is 7.03. The fraction of sp³-hybridized carbons (Fsp3) is 0.812. The maximum atomic E-state index is 12.5. The monoisotopic (exact) mass is 356 g/mol. The standard InChI is InChI=1S/C16H28N4O3S/c1-18(2)24(21,22)19-10-14-8-17-20(9-13-6-4-5-7-13)16(14)15(11-19)12-23-3/h8,13,15H,4-7,9-12H2,1-3H3/t15-/m0/s1. The van der Waals surface area contributed by atoms with Crippen molar-refractivity contribution >= 4 is 10.2 Å². The van der Waals surface area contributed by atoms with Crippen molar-refractivity contribution in [2.24, 2.45) is 5.92 Å². The van der Waals surface area contributed by atoms with Gasteiger partial charge in [0.1, 0.15) is 0 Å². The van der Waals surface area contributed by atoms with Gasteiger partial charge < -0.3 is 4.74 Å². The van der Waals surface area contributed by atoms with Gasteiger partial charge in [0.25, 0.3) is 10.2 Å². The number of aromatic nitrogens is 2. The molecular weight excluding hydrogens is 328 g/mol. The van der Waals surface area contributed by atoms with Gasteiger partial charge in [0.05, 0.1) is 12.8 Å². The molecule has 1 aromatic heterocycles. The van der Waals surface area contributed by atoms with Crippen molar-refractivity contribution in [2.45, 2.75) is 44.7 Å². The van der Waals surface area contributed by atoms with Crippen LogP contribution in [0.5, 0.6) is 0 Å². The Hall–Kier alpha value is -0.960. The van der Waals surface area contributed by atoms with E-state index < -0.39 is 10.2 Å². The normalized spacial score (nSPS) is 23.1. The number of hydrogen-bond acceptors (Lipinski definition) is 4. The number of methoxy groups -OCH3 is 1. The molecule has 2 aliphatic rings. The molecule has 1 aliphatic heterocycles. The second kappa shape index (κ2) is 7.11.